The Labute approximate surface area is 185 Å². The summed E-state index contributed by atoms with van der Waals surface area (Å²) in [5, 5.41) is 5.16. The van der Waals surface area contributed by atoms with E-state index in [0.717, 1.165) is 53.7 Å². The molecule has 1 fully saturated rings. The second-order valence-corrected chi connectivity index (χ2v) is 9.33. The van der Waals surface area contributed by atoms with Crippen molar-refractivity contribution in [2.45, 2.75) is 24.3 Å². The van der Waals surface area contributed by atoms with Gasteiger partial charge in [-0.1, -0.05) is 40.9 Å². The summed E-state index contributed by atoms with van der Waals surface area (Å²) < 4.78 is 0. The quantitative estimate of drug-likeness (QED) is 0.423. The van der Waals surface area contributed by atoms with Crippen molar-refractivity contribution in [1.82, 2.24) is 10.2 Å². The average molecular weight is 458 g/mol. The van der Waals surface area contributed by atoms with Gasteiger partial charge < -0.3 is 5.32 Å². The summed E-state index contributed by atoms with van der Waals surface area (Å²) in [6, 6.07) is 13.4. The number of benzene rings is 2. The fraction of sp³-hybridized carbons (Fsp3) is 0.381. The number of carbonyl (C=O) groups excluding carboxylic acids is 1. The lowest BCUT2D eigenvalue weighted by atomic mass is 9.95. The predicted octanol–water partition coefficient (Wildman–Crippen LogP) is 5.77. The second-order valence-electron chi connectivity index (χ2n) is 6.88. The van der Waals surface area contributed by atoms with E-state index in [1.807, 2.05) is 36.4 Å². The van der Waals surface area contributed by atoms with Crippen molar-refractivity contribution in [1.29, 1.82) is 0 Å². The number of amides is 1. The average Bonchev–Trinajstić information content (AvgIpc) is 2.69. The Morgan fingerprint density at radius 2 is 1.71 bits per heavy atom. The summed E-state index contributed by atoms with van der Waals surface area (Å²) in [6.07, 6.45) is 1.75. The fourth-order valence-corrected chi connectivity index (χ4v) is 4.62. The molecule has 28 heavy (non-hydrogen) atoms. The van der Waals surface area contributed by atoms with Gasteiger partial charge in [0.15, 0.2) is 0 Å². The van der Waals surface area contributed by atoms with E-state index in [1.165, 1.54) is 0 Å². The van der Waals surface area contributed by atoms with Crippen LogP contribution in [0.1, 0.15) is 18.4 Å². The van der Waals surface area contributed by atoms with Crippen LogP contribution in [0.25, 0.3) is 0 Å². The minimum absolute atomic E-state index is 0.0949. The number of likely N-dealkylation sites (tertiary alicyclic amines) is 1. The number of halogens is 3. The molecule has 3 nitrogen and oxygen atoms in total. The molecule has 3 rings (SSSR count). The van der Waals surface area contributed by atoms with E-state index in [4.69, 9.17) is 34.8 Å². The van der Waals surface area contributed by atoms with Gasteiger partial charge >= 0.3 is 0 Å². The van der Waals surface area contributed by atoms with Gasteiger partial charge in [-0.3, -0.25) is 9.69 Å². The van der Waals surface area contributed by atoms with Gasteiger partial charge in [-0.2, -0.15) is 0 Å². The zero-order chi connectivity index (χ0) is 19.9. The number of piperidine rings is 1. The molecule has 0 atom stereocenters. The van der Waals surface area contributed by atoms with Crippen LogP contribution in [0.3, 0.4) is 0 Å². The molecule has 1 N–H and O–H groups in total. The van der Waals surface area contributed by atoms with Crippen molar-refractivity contribution < 1.29 is 4.79 Å². The first-order chi connectivity index (χ1) is 13.5. The third-order valence-corrected chi connectivity index (χ3v) is 6.70. The number of thioether (sulfide) groups is 1. The summed E-state index contributed by atoms with van der Waals surface area (Å²) in [7, 11) is 0. The molecule has 1 aliphatic rings. The van der Waals surface area contributed by atoms with Gasteiger partial charge in [0.2, 0.25) is 5.91 Å². The van der Waals surface area contributed by atoms with Gasteiger partial charge in [-0.25, -0.2) is 0 Å². The fourth-order valence-electron chi connectivity index (χ4n) is 3.26. The van der Waals surface area contributed by atoms with E-state index in [-0.39, 0.29) is 11.8 Å². The highest BCUT2D eigenvalue weighted by molar-refractivity contribution is 7.99. The molecule has 0 saturated carbocycles. The van der Waals surface area contributed by atoms with Crippen LogP contribution >= 0.6 is 46.6 Å². The van der Waals surface area contributed by atoms with Crippen LogP contribution in [0.4, 0.5) is 0 Å². The SMILES string of the molecule is O=C(NCCSc1ccc(Cl)cc1)C1CCN(Cc2ccc(Cl)cc2Cl)CC1. The van der Waals surface area contributed by atoms with Crippen LogP contribution in [0, 0.1) is 5.92 Å². The molecule has 7 heteroatoms. The van der Waals surface area contributed by atoms with E-state index in [2.05, 4.69) is 10.2 Å². The molecule has 2 aromatic rings. The molecule has 1 aliphatic heterocycles. The van der Waals surface area contributed by atoms with E-state index < -0.39 is 0 Å². The summed E-state index contributed by atoms with van der Waals surface area (Å²) in [5.74, 6) is 1.11. The standard InChI is InChI=1S/C21H23Cl3N2OS/c22-17-3-5-19(6-4-17)28-12-9-25-21(27)15-7-10-26(11-8-15)14-16-1-2-18(23)13-20(16)24/h1-6,13,15H,7-12,14H2,(H,25,27). The van der Waals surface area contributed by atoms with Gasteiger partial charge in [-0.15, -0.1) is 11.8 Å². The number of nitrogens with zero attached hydrogens (tertiary/aromatic N) is 1. The Morgan fingerprint density at radius 1 is 1.04 bits per heavy atom. The summed E-state index contributed by atoms with van der Waals surface area (Å²) in [6.45, 7) is 3.27. The van der Waals surface area contributed by atoms with Gasteiger partial charge in [-0.05, 0) is 67.9 Å². The number of nitrogens with one attached hydrogen (secondary N) is 1. The summed E-state index contributed by atoms with van der Waals surface area (Å²) in [4.78, 5) is 15.9. The molecule has 1 heterocycles. The Hall–Kier alpha value is -0.910. The molecule has 1 amide bonds. The minimum atomic E-state index is 0.0949. The first-order valence-corrected chi connectivity index (χ1v) is 11.5. The van der Waals surface area contributed by atoms with Crippen molar-refractivity contribution >= 4 is 52.5 Å². The zero-order valence-corrected chi connectivity index (χ0v) is 18.6. The predicted molar refractivity (Wildman–Crippen MR) is 120 cm³/mol. The molecule has 0 radical (unpaired) electrons. The highest BCUT2D eigenvalue weighted by atomic mass is 35.5. The first-order valence-electron chi connectivity index (χ1n) is 9.33. The van der Waals surface area contributed by atoms with Crippen molar-refractivity contribution in [2.75, 3.05) is 25.4 Å². The Balaban J connectivity index is 1.36. The molecule has 1 saturated heterocycles. The van der Waals surface area contributed by atoms with Gasteiger partial charge in [0.05, 0.1) is 0 Å². The van der Waals surface area contributed by atoms with Crippen LogP contribution in [0.5, 0.6) is 0 Å². The smallest absolute Gasteiger partial charge is 0.223 e. The van der Waals surface area contributed by atoms with E-state index >= 15 is 0 Å². The van der Waals surface area contributed by atoms with Crippen LogP contribution in [-0.2, 0) is 11.3 Å². The van der Waals surface area contributed by atoms with Crippen LogP contribution < -0.4 is 5.32 Å². The monoisotopic (exact) mass is 456 g/mol. The van der Waals surface area contributed by atoms with Crippen molar-refractivity contribution in [3.05, 3.63) is 63.1 Å². The highest BCUT2D eigenvalue weighted by Crippen LogP contribution is 2.25. The van der Waals surface area contributed by atoms with Crippen LogP contribution in [0.15, 0.2) is 47.4 Å². The third kappa shape index (κ3) is 6.57. The van der Waals surface area contributed by atoms with Crippen molar-refractivity contribution in [2.24, 2.45) is 5.92 Å². The molecule has 0 aliphatic carbocycles. The second kappa shape index (κ2) is 10.7. The molecule has 0 aromatic heterocycles. The lowest BCUT2D eigenvalue weighted by Gasteiger charge is -2.31. The topological polar surface area (TPSA) is 32.3 Å². The Morgan fingerprint density at radius 3 is 2.39 bits per heavy atom. The van der Waals surface area contributed by atoms with Gasteiger partial charge in [0.1, 0.15) is 0 Å². The Bertz CT molecular complexity index is 793. The molecular weight excluding hydrogens is 435 g/mol. The Kier molecular flexibility index (Phi) is 8.36. The maximum absolute atomic E-state index is 12.4. The van der Waals surface area contributed by atoms with Gasteiger partial charge in [0, 0.05) is 44.7 Å². The number of carbonyl (C=O) groups is 1. The molecular formula is C21H23Cl3N2OS. The lowest BCUT2D eigenvalue weighted by Crippen LogP contribution is -2.40. The maximum atomic E-state index is 12.4. The molecule has 0 bridgehead atoms. The summed E-state index contributed by atoms with van der Waals surface area (Å²) >= 11 is 19.8. The largest absolute Gasteiger partial charge is 0.355 e. The normalized spacial score (nSPS) is 15.5. The van der Waals surface area contributed by atoms with E-state index in [0.29, 0.717) is 16.6 Å². The lowest BCUT2D eigenvalue weighted by molar-refractivity contribution is -0.126. The van der Waals surface area contributed by atoms with Crippen molar-refractivity contribution in [3.8, 4) is 0 Å². The maximum Gasteiger partial charge on any atom is 0.223 e. The van der Waals surface area contributed by atoms with E-state index in [1.54, 1.807) is 17.8 Å². The number of rotatable bonds is 7. The molecule has 150 valence electrons. The van der Waals surface area contributed by atoms with E-state index in [9.17, 15) is 4.79 Å². The van der Waals surface area contributed by atoms with Crippen LogP contribution in [-0.4, -0.2) is 36.2 Å². The number of hydrogen-bond donors (Lipinski definition) is 1. The zero-order valence-electron chi connectivity index (χ0n) is 15.5. The van der Waals surface area contributed by atoms with Gasteiger partial charge in [0.25, 0.3) is 0 Å². The molecule has 0 spiro atoms. The molecule has 0 unspecified atom stereocenters. The van der Waals surface area contributed by atoms with Crippen molar-refractivity contribution in [3.63, 3.8) is 0 Å². The first kappa shape index (κ1) is 21.8. The third-order valence-electron chi connectivity index (χ3n) is 4.85. The highest BCUT2D eigenvalue weighted by Gasteiger charge is 2.25. The number of hydrogen-bond acceptors (Lipinski definition) is 3. The van der Waals surface area contributed by atoms with Crippen LogP contribution in [0.2, 0.25) is 15.1 Å². The minimum Gasteiger partial charge on any atom is -0.355 e. The summed E-state index contributed by atoms with van der Waals surface area (Å²) in [5.41, 5.74) is 1.08. The molecule has 2 aromatic carbocycles.